The van der Waals surface area contributed by atoms with Crippen molar-refractivity contribution in [3.05, 3.63) is 54.4 Å². The van der Waals surface area contributed by atoms with Crippen molar-refractivity contribution in [1.29, 1.82) is 0 Å². The van der Waals surface area contributed by atoms with Crippen molar-refractivity contribution in [1.82, 2.24) is 19.5 Å². The van der Waals surface area contributed by atoms with Gasteiger partial charge in [0.2, 0.25) is 0 Å². The van der Waals surface area contributed by atoms with E-state index in [2.05, 4.69) is 15.0 Å². The molecule has 1 aromatic carbocycles. The van der Waals surface area contributed by atoms with Gasteiger partial charge < -0.3 is 9.67 Å². The van der Waals surface area contributed by atoms with E-state index in [1.54, 1.807) is 25.5 Å². The lowest BCUT2D eigenvalue weighted by Crippen LogP contribution is -2.11. The average Bonchev–Trinajstić information content (AvgIpc) is 2.85. The fraction of sp³-hybridized carbons (Fsp3) is 0.267. The Kier molecular flexibility index (Phi) is 3.43. The number of aliphatic hydroxyl groups excluding tert-OH is 1. The molecule has 0 bridgehead atoms. The summed E-state index contributed by atoms with van der Waals surface area (Å²) in [5.74, 6) is 0.888. The molecule has 20 heavy (non-hydrogen) atoms. The lowest BCUT2D eigenvalue weighted by Gasteiger charge is -2.09. The Hall–Kier alpha value is -2.27. The zero-order valence-electron chi connectivity index (χ0n) is 11.3. The topological polar surface area (TPSA) is 63.8 Å². The molecule has 2 heterocycles. The predicted octanol–water partition coefficient (Wildman–Crippen LogP) is 1.80. The number of fused-ring (bicyclic) bond motifs is 1. The minimum atomic E-state index is -0.390. The predicted molar refractivity (Wildman–Crippen MR) is 76.3 cm³/mol. The summed E-state index contributed by atoms with van der Waals surface area (Å²) in [6.07, 6.45) is 7.25. The van der Waals surface area contributed by atoms with Crippen LogP contribution in [0.5, 0.6) is 0 Å². The highest BCUT2D eigenvalue weighted by Gasteiger charge is 2.07. The maximum Gasteiger partial charge on any atom is 0.111 e. The molecule has 0 aliphatic carbocycles. The van der Waals surface area contributed by atoms with Crippen LogP contribution in [0.2, 0.25) is 0 Å². The number of nitrogens with zero attached hydrogens (tertiary/aromatic N) is 4. The molecule has 0 spiro atoms. The number of rotatable bonds is 4. The van der Waals surface area contributed by atoms with Gasteiger partial charge in [-0.3, -0.25) is 9.97 Å². The standard InChI is InChI=1S/C15H16N4O/c1-11(20)8-15-18-6-7-19(15)10-12-2-3-13-14(9-12)17-5-4-16-13/h2-7,9,11,20H,8,10H2,1H3. The molecule has 1 unspecified atom stereocenters. The summed E-state index contributed by atoms with van der Waals surface area (Å²) in [6.45, 7) is 2.49. The van der Waals surface area contributed by atoms with Crippen molar-refractivity contribution >= 4 is 11.0 Å². The van der Waals surface area contributed by atoms with E-state index >= 15 is 0 Å². The summed E-state index contributed by atoms with van der Waals surface area (Å²) in [7, 11) is 0. The van der Waals surface area contributed by atoms with E-state index < -0.39 is 6.10 Å². The first-order valence-corrected chi connectivity index (χ1v) is 6.60. The summed E-state index contributed by atoms with van der Waals surface area (Å²) < 4.78 is 2.05. The first kappa shape index (κ1) is 12.7. The molecule has 1 atom stereocenters. The van der Waals surface area contributed by atoms with E-state index in [4.69, 9.17) is 0 Å². The van der Waals surface area contributed by atoms with Crippen molar-refractivity contribution in [3.63, 3.8) is 0 Å². The van der Waals surface area contributed by atoms with Crippen molar-refractivity contribution < 1.29 is 5.11 Å². The molecule has 1 N–H and O–H groups in total. The lowest BCUT2D eigenvalue weighted by atomic mass is 10.2. The second-order valence-electron chi connectivity index (χ2n) is 4.90. The van der Waals surface area contributed by atoms with Crippen LogP contribution >= 0.6 is 0 Å². The molecule has 0 aliphatic heterocycles. The van der Waals surface area contributed by atoms with E-state index in [0.29, 0.717) is 13.0 Å². The van der Waals surface area contributed by atoms with E-state index in [9.17, 15) is 5.11 Å². The smallest absolute Gasteiger partial charge is 0.111 e. The molecule has 0 radical (unpaired) electrons. The largest absolute Gasteiger partial charge is 0.393 e. The van der Waals surface area contributed by atoms with Gasteiger partial charge in [-0.25, -0.2) is 4.98 Å². The molecule has 5 heteroatoms. The van der Waals surface area contributed by atoms with Crippen LogP contribution in [0.15, 0.2) is 43.0 Å². The van der Waals surface area contributed by atoms with E-state index in [1.807, 2.05) is 29.0 Å². The molecule has 2 aromatic heterocycles. The SMILES string of the molecule is CC(O)Cc1nccn1Cc1ccc2nccnc2c1. The zero-order valence-corrected chi connectivity index (χ0v) is 11.3. The summed E-state index contributed by atoms with van der Waals surface area (Å²) in [4.78, 5) is 12.9. The van der Waals surface area contributed by atoms with Gasteiger partial charge in [0, 0.05) is 37.8 Å². The summed E-state index contributed by atoms with van der Waals surface area (Å²) in [5.41, 5.74) is 2.93. The summed E-state index contributed by atoms with van der Waals surface area (Å²) in [6, 6.07) is 6.06. The van der Waals surface area contributed by atoms with Gasteiger partial charge in [-0.1, -0.05) is 6.07 Å². The van der Waals surface area contributed by atoms with Gasteiger partial charge in [-0.15, -0.1) is 0 Å². The van der Waals surface area contributed by atoms with Crippen LogP contribution in [-0.4, -0.2) is 30.7 Å². The third kappa shape index (κ3) is 2.67. The molecule has 0 saturated heterocycles. The van der Waals surface area contributed by atoms with E-state index in [-0.39, 0.29) is 0 Å². The van der Waals surface area contributed by atoms with Crippen LogP contribution in [0.3, 0.4) is 0 Å². The first-order valence-electron chi connectivity index (χ1n) is 6.60. The Balaban J connectivity index is 1.87. The number of benzene rings is 1. The van der Waals surface area contributed by atoms with E-state index in [0.717, 1.165) is 22.4 Å². The molecule has 0 aliphatic rings. The Labute approximate surface area is 117 Å². The molecule has 3 rings (SSSR count). The van der Waals surface area contributed by atoms with Crippen LogP contribution < -0.4 is 0 Å². The van der Waals surface area contributed by atoms with Gasteiger partial charge in [-0.05, 0) is 24.6 Å². The maximum atomic E-state index is 9.48. The third-order valence-corrected chi connectivity index (χ3v) is 3.17. The van der Waals surface area contributed by atoms with Crippen LogP contribution in [-0.2, 0) is 13.0 Å². The van der Waals surface area contributed by atoms with Gasteiger partial charge >= 0.3 is 0 Å². The maximum absolute atomic E-state index is 9.48. The molecule has 0 amide bonds. The molecule has 0 saturated carbocycles. The van der Waals surface area contributed by atoms with Gasteiger partial charge in [0.1, 0.15) is 5.82 Å². The molecular formula is C15H16N4O. The Bertz CT molecular complexity index is 720. The number of hydrogen-bond acceptors (Lipinski definition) is 4. The summed E-state index contributed by atoms with van der Waals surface area (Å²) >= 11 is 0. The number of hydrogen-bond donors (Lipinski definition) is 1. The van der Waals surface area contributed by atoms with Crippen LogP contribution in [0.4, 0.5) is 0 Å². The van der Waals surface area contributed by atoms with Gasteiger partial charge in [0.15, 0.2) is 0 Å². The highest BCUT2D eigenvalue weighted by molar-refractivity contribution is 5.74. The molecular weight excluding hydrogens is 252 g/mol. The van der Waals surface area contributed by atoms with Gasteiger partial charge in [-0.2, -0.15) is 0 Å². The highest BCUT2D eigenvalue weighted by atomic mass is 16.3. The van der Waals surface area contributed by atoms with Crippen molar-refractivity contribution in [2.45, 2.75) is 26.0 Å². The Morgan fingerprint density at radius 1 is 1.10 bits per heavy atom. The quantitative estimate of drug-likeness (QED) is 0.783. The molecule has 0 fully saturated rings. The third-order valence-electron chi connectivity index (χ3n) is 3.17. The molecule has 102 valence electrons. The second-order valence-corrected chi connectivity index (χ2v) is 4.90. The second kappa shape index (κ2) is 5.38. The van der Waals surface area contributed by atoms with Crippen LogP contribution in [0.25, 0.3) is 11.0 Å². The fourth-order valence-corrected chi connectivity index (χ4v) is 2.24. The Morgan fingerprint density at radius 3 is 2.70 bits per heavy atom. The minimum Gasteiger partial charge on any atom is -0.393 e. The molecule has 3 aromatic rings. The number of aliphatic hydroxyl groups is 1. The summed E-state index contributed by atoms with van der Waals surface area (Å²) in [5, 5.41) is 9.48. The molecule has 5 nitrogen and oxygen atoms in total. The lowest BCUT2D eigenvalue weighted by molar-refractivity contribution is 0.191. The first-order chi connectivity index (χ1) is 9.72. The van der Waals surface area contributed by atoms with Gasteiger partial charge in [0.05, 0.1) is 17.1 Å². The number of imidazole rings is 1. The normalized spacial score (nSPS) is 12.7. The zero-order chi connectivity index (χ0) is 13.9. The minimum absolute atomic E-state index is 0.390. The number of aromatic nitrogens is 4. The van der Waals surface area contributed by atoms with E-state index in [1.165, 1.54) is 0 Å². The van der Waals surface area contributed by atoms with Crippen molar-refractivity contribution in [3.8, 4) is 0 Å². The van der Waals surface area contributed by atoms with Crippen LogP contribution in [0.1, 0.15) is 18.3 Å². The fourth-order valence-electron chi connectivity index (χ4n) is 2.24. The van der Waals surface area contributed by atoms with Crippen molar-refractivity contribution in [2.75, 3.05) is 0 Å². The average molecular weight is 268 g/mol. The monoisotopic (exact) mass is 268 g/mol. The van der Waals surface area contributed by atoms with Crippen LogP contribution in [0, 0.1) is 0 Å². The highest BCUT2D eigenvalue weighted by Crippen LogP contribution is 2.13. The van der Waals surface area contributed by atoms with Crippen molar-refractivity contribution in [2.24, 2.45) is 0 Å². The van der Waals surface area contributed by atoms with Gasteiger partial charge in [0.25, 0.3) is 0 Å². The Morgan fingerprint density at radius 2 is 1.90 bits per heavy atom.